The lowest BCUT2D eigenvalue weighted by atomic mass is 10.2. The van der Waals surface area contributed by atoms with Gasteiger partial charge in [0.15, 0.2) is 5.69 Å². The molecule has 0 bridgehead atoms. The highest BCUT2D eigenvalue weighted by atomic mass is 19.4. The number of hydrogen-bond acceptors (Lipinski definition) is 3. The Balaban J connectivity index is 2.25. The van der Waals surface area contributed by atoms with Crippen LogP contribution in [0.15, 0.2) is 30.3 Å². The van der Waals surface area contributed by atoms with E-state index in [0.717, 1.165) is 12.1 Å². The summed E-state index contributed by atoms with van der Waals surface area (Å²) < 4.78 is 117. The van der Waals surface area contributed by atoms with Crippen molar-refractivity contribution >= 4 is 16.7 Å². The van der Waals surface area contributed by atoms with E-state index in [-0.39, 0.29) is 11.8 Å². The molecule has 0 radical (unpaired) electrons. The Kier molecular flexibility index (Phi) is 4.24. The number of aromatic nitrogens is 3. The topological polar surface area (TPSA) is 56.7 Å². The third kappa shape index (κ3) is 3.43. The summed E-state index contributed by atoms with van der Waals surface area (Å²) in [5.41, 5.74) is -0.0894. The third-order valence-electron chi connectivity index (χ3n) is 3.69. The molecule has 3 rings (SSSR count). The molecule has 0 aliphatic carbocycles. The van der Waals surface area contributed by atoms with Crippen LogP contribution in [0.25, 0.3) is 16.6 Å². The van der Waals surface area contributed by atoms with Crippen molar-refractivity contribution in [1.82, 2.24) is 14.8 Å². The molecule has 2 heterocycles. The highest BCUT2D eigenvalue weighted by Crippen LogP contribution is 2.40. The summed E-state index contributed by atoms with van der Waals surface area (Å²) in [5, 5.41) is 2.70. The molecule has 28 heavy (non-hydrogen) atoms. The van der Waals surface area contributed by atoms with E-state index in [4.69, 9.17) is 5.73 Å². The van der Waals surface area contributed by atoms with Crippen molar-refractivity contribution in [3.8, 4) is 5.69 Å². The van der Waals surface area contributed by atoms with E-state index in [1.165, 1.54) is 0 Å². The van der Waals surface area contributed by atoms with Crippen LogP contribution in [0, 0.1) is 0 Å². The fourth-order valence-corrected chi connectivity index (χ4v) is 2.47. The van der Waals surface area contributed by atoms with E-state index in [9.17, 15) is 39.5 Å². The number of nitrogen functional groups attached to an aromatic ring is 1. The Hall–Kier alpha value is -2.99. The monoisotopic (exact) mass is 414 g/mol. The van der Waals surface area contributed by atoms with Crippen LogP contribution in [-0.4, -0.2) is 14.8 Å². The molecule has 2 N–H and O–H groups in total. The number of nitrogens with zero attached hydrogens (tertiary/aromatic N) is 3. The Bertz CT molecular complexity index is 1030. The summed E-state index contributed by atoms with van der Waals surface area (Å²) in [5.74, 6) is -0.719. The van der Waals surface area contributed by atoms with Gasteiger partial charge in [0.05, 0.1) is 22.2 Å². The number of rotatable bonds is 1. The van der Waals surface area contributed by atoms with E-state index < -0.39 is 52.2 Å². The summed E-state index contributed by atoms with van der Waals surface area (Å²) in [7, 11) is 0. The maximum absolute atomic E-state index is 13.2. The number of halogens is 9. The molecule has 0 saturated carbocycles. The predicted molar refractivity (Wildman–Crippen MR) is 78.3 cm³/mol. The summed E-state index contributed by atoms with van der Waals surface area (Å²) in [6.45, 7) is 0. The number of benzene rings is 1. The summed E-state index contributed by atoms with van der Waals surface area (Å²) >= 11 is 0. The molecule has 2 aromatic heterocycles. The molecule has 150 valence electrons. The molecular weight excluding hydrogens is 407 g/mol. The van der Waals surface area contributed by atoms with Gasteiger partial charge >= 0.3 is 18.5 Å². The average molecular weight is 414 g/mol. The summed E-state index contributed by atoms with van der Waals surface area (Å²) in [4.78, 5) is 2.63. The van der Waals surface area contributed by atoms with Gasteiger partial charge in [-0.2, -0.15) is 44.6 Å². The largest absolute Gasteiger partial charge is 0.434 e. The molecule has 0 fully saturated rings. The Labute approximate surface area is 149 Å². The molecule has 0 atom stereocenters. The Morgan fingerprint density at radius 2 is 1.36 bits per heavy atom. The van der Waals surface area contributed by atoms with Crippen LogP contribution in [0.5, 0.6) is 0 Å². The standard InChI is InChI=1S/C15H7F9N4/c16-13(17,18)6-1-3-7(4-2-6)28-12(25)10-8(27-28)5-9(14(19,20)21)26-11(10)15(22,23)24/h1-5H,25H2. The smallest absolute Gasteiger partial charge is 0.383 e. The van der Waals surface area contributed by atoms with Gasteiger partial charge in [0.2, 0.25) is 0 Å². The van der Waals surface area contributed by atoms with Crippen LogP contribution in [0.3, 0.4) is 0 Å². The van der Waals surface area contributed by atoms with Crippen molar-refractivity contribution < 1.29 is 39.5 Å². The molecule has 0 aliphatic rings. The number of nitrogens with two attached hydrogens (primary N) is 1. The first-order valence-corrected chi connectivity index (χ1v) is 7.21. The first kappa shape index (κ1) is 19.8. The zero-order valence-electron chi connectivity index (χ0n) is 13.2. The van der Waals surface area contributed by atoms with Gasteiger partial charge in [-0.05, 0) is 30.3 Å². The normalized spacial score (nSPS) is 13.3. The SMILES string of the molecule is Nc1c2c(C(F)(F)F)nc(C(F)(F)F)cc2nn1-c1ccc(C(F)(F)F)cc1. The highest BCUT2D eigenvalue weighted by Gasteiger charge is 2.41. The Morgan fingerprint density at radius 1 is 0.786 bits per heavy atom. The summed E-state index contributed by atoms with van der Waals surface area (Å²) in [6, 6.07) is 3.28. The second-order valence-electron chi connectivity index (χ2n) is 5.59. The van der Waals surface area contributed by atoms with Crippen LogP contribution in [0.4, 0.5) is 45.3 Å². The number of pyridine rings is 1. The van der Waals surface area contributed by atoms with Gasteiger partial charge in [-0.3, -0.25) is 0 Å². The fourth-order valence-electron chi connectivity index (χ4n) is 2.47. The molecule has 13 heteroatoms. The molecule has 0 unspecified atom stereocenters. The van der Waals surface area contributed by atoms with Gasteiger partial charge < -0.3 is 5.73 Å². The van der Waals surface area contributed by atoms with Crippen molar-refractivity contribution in [2.24, 2.45) is 0 Å². The molecule has 0 amide bonds. The van der Waals surface area contributed by atoms with Crippen LogP contribution >= 0.6 is 0 Å². The van der Waals surface area contributed by atoms with Crippen molar-refractivity contribution in [3.63, 3.8) is 0 Å². The minimum atomic E-state index is -5.28. The maximum atomic E-state index is 13.2. The van der Waals surface area contributed by atoms with Gasteiger partial charge in [-0.15, -0.1) is 0 Å². The lowest BCUT2D eigenvalue weighted by Crippen LogP contribution is -2.15. The second-order valence-corrected chi connectivity index (χ2v) is 5.59. The number of alkyl halides is 9. The average Bonchev–Trinajstić information content (AvgIpc) is 2.89. The van der Waals surface area contributed by atoms with Gasteiger partial charge in [0, 0.05) is 0 Å². The van der Waals surface area contributed by atoms with Crippen molar-refractivity contribution in [3.05, 3.63) is 47.3 Å². The van der Waals surface area contributed by atoms with Gasteiger partial charge in [-0.1, -0.05) is 0 Å². The molecule has 3 aromatic rings. The fraction of sp³-hybridized carbons (Fsp3) is 0.200. The third-order valence-corrected chi connectivity index (χ3v) is 3.69. The van der Waals surface area contributed by atoms with Crippen molar-refractivity contribution in [2.45, 2.75) is 18.5 Å². The highest BCUT2D eigenvalue weighted by molar-refractivity contribution is 5.92. The minimum Gasteiger partial charge on any atom is -0.383 e. The zero-order chi connectivity index (χ0) is 21.1. The van der Waals surface area contributed by atoms with E-state index in [1.54, 1.807) is 0 Å². The van der Waals surface area contributed by atoms with E-state index in [0.29, 0.717) is 16.8 Å². The molecule has 0 saturated heterocycles. The van der Waals surface area contributed by atoms with Gasteiger partial charge in [-0.25, -0.2) is 9.67 Å². The van der Waals surface area contributed by atoms with E-state index >= 15 is 0 Å². The molecule has 4 nitrogen and oxygen atoms in total. The number of fused-ring (bicyclic) bond motifs is 1. The predicted octanol–water partition coefficient (Wildman–Crippen LogP) is 5.06. The molecular formula is C15H7F9N4. The second kappa shape index (κ2) is 6.01. The van der Waals surface area contributed by atoms with Crippen LogP contribution in [0.2, 0.25) is 0 Å². The van der Waals surface area contributed by atoms with Crippen LogP contribution in [0.1, 0.15) is 17.0 Å². The number of hydrogen-bond donors (Lipinski definition) is 1. The maximum Gasteiger partial charge on any atom is 0.434 e. The van der Waals surface area contributed by atoms with Crippen LogP contribution < -0.4 is 5.73 Å². The molecule has 0 spiro atoms. The lowest BCUT2D eigenvalue weighted by Gasteiger charge is -2.11. The van der Waals surface area contributed by atoms with Crippen LogP contribution in [-0.2, 0) is 18.5 Å². The van der Waals surface area contributed by atoms with Gasteiger partial charge in [0.25, 0.3) is 0 Å². The minimum absolute atomic E-state index is 0.177. The zero-order valence-corrected chi connectivity index (χ0v) is 13.2. The lowest BCUT2D eigenvalue weighted by molar-refractivity contribution is -0.149. The first-order valence-electron chi connectivity index (χ1n) is 7.21. The summed E-state index contributed by atoms with van der Waals surface area (Å²) in [6.07, 6.45) is -15.1. The number of anilines is 1. The van der Waals surface area contributed by atoms with Crippen molar-refractivity contribution in [1.29, 1.82) is 0 Å². The van der Waals surface area contributed by atoms with Gasteiger partial charge in [0.1, 0.15) is 11.5 Å². The quantitative estimate of drug-likeness (QED) is 0.567. The first-order chi connectivity index (χ1) is 12.7. The van der Waals surface area contributed by atoms with E-state index in [1.807, 2.05) is 0 Å². The Morgan fingerprint density at radius 3 is 1.82 bits per heavy atom. The van der Waals surface area contributed by atoms with Crippen molar-refractivity contribution in [2.75, 3.05) is 5.73 Å². The van der Waals surface area contributed by atoms with E-state index in [2.05, 4.69) is 10.1 Å². The molecule has 1 aromatic carbocycles. The molecule has 0 aliphatic heterocycles.